The third-order valence-corrected chi connectivity index (χ3v) is 11.6. The molecular formula is C28H48O4. The van der Waals surface area contributed by atoms with Crippen molar-refractivity contribution in [2.75, 3.05) is 0 Å². The third-order valence-electron chi connectivity index (χ3n) is 11.6. The van der Waals surface area contributed by atoms with Gasteiger partial charge in [0.2, 0.25) is 0 Å². The molecular weight excluding hydrogens is 400 g/mol. The summed E-state index contributed by atoms with van der Waals surface area (Å²) in [6.45, 7) is 15.3. The number of aliphatic hydroxyl groups is 4. The van der Waals surface area contributed by atoms with Gasteiger partial charge in [0.25, 0.3) is 0 Å². The summed E-state index contributed by atoms with van der Waals surface area (Å²) < 4.78 is 0. The second kappa shape index (κ2) is 8.36. The largest absolute Gasteiger partial charge is 0.393 e. The summed E-state index contributed by atoms with van der Waals surface area (Å²) in [5.74, 6) is 2.53. The van der Waals surface area contributed by atoms with Crippen LogP contribution in [0, 0.1) is 46.3 Å². The van der Waals surface area contributed by atoms with Gasteiger partial charge in [-0.15, -0.1) is 0 Å². The van der Waals surface area contributed by atoms with Crippen molar-refractivity contribution in [2.24, 2.45) is 46.3 Å². The minimum atomic E-state index is -1.25. The van der Waals surface area contributed by atoms with E-state index in [0.717, 1.165) is 25.7 Å². The topological polar surface area (TPSA) is 80.9 Å². The standard InChI is InChI=1S/C28H48O4/c1-16(2)17(3)7-8-18(4)21-9-10-22-20-13-25(31)28(32)15-19(29)11-12-26(28,5)23(20)14-24(30)27(21,22)6/h17-25,29-32H,1,7-15H2,2-6H3/t17-,18+,19-,20?,21+,22?,23?,24+,25?,26?,27?,28?/m0/s1. The van der Waals surface area contributed by atoms with Crippen molar-refractivity contribution < 1.29 is 20.4 Å². The van der Waals surface area contributed by atoms with Crippen molar-refractivity contribution in [1.82, 2.24) is 0 Å². The maximum Gasteiger partial charge on any atom is 0.0985 e. The molecule has 12 atom stereocenters. The van der Waals surface area contributed by atoms with E-state index < -0.39 is 23.2 Å². The van der Waals surface area contributed by atoms with Crippen molar-refractivity contribution in [3.63, 3.8) is 0 Å². The van der Waals surface area contributed by atoms with Crippen LogP contribution < -0.4 is 0 Å². The summed E-state index contributed by atoms with van der Waals surface area (Å²) in [6.07, 6.45) is 5.84. The second-order valence-electron chi connectivity index (χ2n) is 13.0. The zero-order valence-electron chi connectivity index (χ0n) is 21.1. The van der Waals surface area contributed by atoms with E-state index >= 15 is 0 Å². The highest BCUT2D eigenvalue weighted by Crippen LogP contribution is 2.69. The van der Waals surface area contributed by atoms with Crippen LogP contribution in [0.5, 0.6) is 0 Å². The molecule has 4 aliphatic carbocycles. The summed E-state index contributed by atoms with van der Waals surface area (Å²) in [7, 11) is 0. The summed E-state index contributed by atoms with van der Waals surface area (Å²) in [5, 5.41) is 44.8. The van der Waals surface area contributed by atoms with Crippen LogP contribution in [0.25, 0.3) is 0 Å². The lowest BCUT2D eigenvalue weighted by Crippen LogP contribution is -2.70. The van der Waals surface area contributed by atoms with Gasteiger partial charge in [-0.05, 0) is 99.2 Å². The van der Waals surface area contributed by atoms with E-state index in [0.29, 0.717) is 48.9 Å². The normalized spacial score (nSPS) is 52.5. The van der Waals surface area contributed by atoms with Crippen LogP contribution in [0.3, 0.4) is 0 Å². The molecule has 0 aromatic carbocycles. The number of rotatable bonds is 5. The van der Waals surface area contributed by atoms with E-state index in [-0.39, 0.29) is 23.9 Å². The smallest absolute Gasteiger partial charge is 0.0985 e. The maximum atomic E-state index is 11.7. The van der Waals surface area contributed by atoms with Gasteiger partial charge in [-0.1, -0.05) is 39.8 Å². The van der Waals surface area contributed by atoms with Crippen LogP contribution in [0.15, 0.2) is 12.2 Å². The van der Waals surface area contributed by atoms with E-state index in [9.17, 15) is 20.4 Å². The molecule has 4 aliphatic rings. The Kier molecular flexibility index (Phi) is 6.45. The van der Waals surface area contributed by atoms with E-state index in [2.05, 4.69) is 41.2 Å². The fourth-order valence-electron chi connectivity index (χ4n) is 9.15. The van der Waals surface area contributed by atoms with E-state index in [4.69, 9.17) is 0 Å². The van der Waals surface area contributed by atoms with Crippen LogP contribution in [-0.2, 0) is 0 Å². The second-order valence-corrected chi connectivity index (χ2v) is 13.0. The Morgan fingerprint density at radius 2 is 1.66 bits per heavy atom. The minimum Gasteiger partial charge on any atom is -0.393 e. The van der Waals surface area contributed by atoms with Crippen LogP contribution in [0.4, 0.5) is 0 Å². The Balaban J connectivity index is 1.58. The van der Waals surface area contributed by atoms with Crippen molar-refractivity contribution in [2.45, 2.75) is 116 Å². The predicted octanol–water partition coefficient (Wildman–Crippen LogP) is 4.69. The summed E-state index contributed by atoms with van der Waals surface area (Å²) in [5.41, 5.74) is -0.559. The van der Waals surface area contributed by atoms with Gasteiger partial charge in [0.1, 0.15) is 0 Å². The zero-order chi connectivity index (χ0) is 23.6. The summed E-state index contributed by atoms with van der Waals surface area (Å²) in [6, 6.07) is 0. The first-order chi connectivity index (χ1) is 14.9. The molecule has 0 amide bonds. The molecule has 0 spiro atoms. The van der Waals surface area contributed by atoms with Crippen LogP contribution in [-0.4, -0.2) is 44.3 Å². The van der Waals surface area contributed by atoms with Crippen LogP contribution >= 0.6 is 0 Å². The average molecular weight is 449 g/mol. The highest BCUT2D eigenvalue weighted by atomic mass is 16.3. The third kappa shape index (κ3) is 3.46. The Hall–Kier alpha value is -0.420. The zero-order valence-corrected chi connectivity index (χ0v) is 21.1. The maximum absolute atomic E-state index is 11.7. The molecule has 4 fully saturated rings. The number of hydrogen-bond donors (Lipinski definition) is 4. The van der Waals surface area contributed by atoms with Crippen molar-refractivity contribution in [3.8, 4) is 0 Å². The molecule has 7 unspecified atom stereocenters. The number of aliphatic hydroxyl groups excluding tert-OH is 3. The fraction of sp³-hybridized carbons (Fsp3) is 0.929. The van der Waals surface area contributed by atoms with Gasteiger partial charge in [-0.3, -0.25) is 0 Å². The van der Waals surface area contributed by atoms with E-state index in [1.807, 2.05) is 0 Å². The molecule has 0 aromatic heterocycles. The van der Waals surface area contributed by atoms with Gasteiger partial charge in [-0.25, -0.2) is 0 Å². The van der Waals surface area contributed by atoms with Crippen LogP contribution in [0.2, 0.25) is 0 Å². The Bertz CT molecular complexity index is 722. The van der Waals surface area contributed by atoms with Crippen molar-refractivity contribution in [1.29, 1.82) is 0 Å². The lowest BCUT2D eigenvalue weighted by atomic mass is 9.41. The van der Waals surface area contributed by atoms with Crippen LogP contribution in [0.1, 0.15) is 92.4 Å². The quantitative estimate of drug-likeness (QED) is 0.460. The molecule has 32 heavy (non-hydrogen) atoms. The molecule has 0 heterocycles. The highest BCUT2D eigenvalue weighted by molar-refractivity contribution is 5.18. The number of hydrogen-bond acceptors (Lipinski definition) is 4. The van der Waals surface area contributed by atoms with Crippen molar-refractivity contribution in [3.05, 3.63) is 12.2 Å². The molecule has 4 rings (SSSR count). The Labute approximate surface area is 195 Å². The molecule has 4 saturated carbocycles. The monoisotopic (exact) mass is 448 g/mol. The molecule has 184 valence electrons. The van der Waals surface area contributed by atoms with E-state index in [1.54, 1.807) is 0 Å². The molecule has 0 saturated heterocycles. The van der Waals surface area contributed by atoms with Gasteiger partial charge in [0.15, 0.2) is 0 Å². The van der Waals surface area contributed by atoms with E-state index in [1.165, 1.54) is 12.0 Å². The average Bonchev–Trinajstić information content (AvgIpc) is 3.08. The van der Waals surface area contributed by atoms with Gasteiger partial charge in [-0.2, -0.15) is 0 Å². The van der Waals surface area contributed by atoms with Gasteiger partial charge >= 0.3 is 0 Å². The first-order valence-corrected chi connectivity index (χ1v) is 13.3. The lowest BCUT2D eigenvalue weighted by molar-refractivity contribution is -0.275. The molecule has 0 aliphatic heterocycles. The summed E-state index contributed by atoms with van der Waals surface area (Å²) in [4.78, 5) is 0. The fourth-order valence-corrected chi connectivity index (χ4v) is 9.15. The molecule has 4 N–H and O–H groups in total. The number of allylic oxidation sites excluding steroid dienone is 1. The molecule has 4 nitrogen and oxygen atoms in total. The Morgan fingerprint density at radius 1 is 0.969 bits per heavy atom. The first kappa shape index (κ1) is 24.7. The number of fused-ring (bicyclic) bond motifs is 5. The molecule has 0 radical (unpaired) electrons. The SMILES string of the molecule is C=C(C)[C@@H](C)CC[C@@H](C)[C@H]1CCC2C3CC(O)C4(O)C[C@@H](O)CCC4(C)C3C[C@@H](O)C21C. The minimum absolute atomic E-state index is 0.118. The molecule has 0 bridgehead atoms. The van der Waals surface area contributed by atoms with Gasteiger partial charge in [0.05, 0.1) is 23.9 Å². The molecule has 4 heteroatoms. The first-order valence-electron chi connectivity index (χ1n) is 13.3. The lowest BCUT2D eigenvalue weighted by Gasteiger charge is -2.66. The molecule has 0 aromatic rings. The highest BCUT2D eigenvalue weighted by Gasteiger charge is 2.69. The summed E-state index contributed by atoms with van der Waals surface area (Å²) >= 11 is 0. The van der Waals surface area contributed by atoms with Crippen molar-refractivity contribution >= 4 is 0 Å². The predicted molar refractivity (Wildman–Crippen MR) is 128 cm³/mol. The van der Waals surface area contributed by atoms with Gasteiger partial charge < -0.3 is 20.4 Å². The Morgan fingerprint density at radius 3 is 2.31 bits per heavy atom. The van der Waals surface area contributed by atoms with Gasteiger partial charge in [0, 0.05) is 11.8 Å².